The molecular formula is C23H37IN6S. The van der Waals surface area contributed by atoms with Crippen LogP contribution in [0.3, 0.4) is 0 Å². The van der Waals surface area contributed by atoms with Crippen molar-refractivity contribution in [3.8, 4) is 0 Å². The van der Waals surface area contributed by atoms with Crippen molar-refractivity contribution >= 4 is 41.3 Å². The molecule has 0 atom stereocenters. The number of hydrogen-bond donors (Lipinski definition) is 2. The number of aromatic nitrogens is 1. The summed E-state index contributed by atoms with van der Waals surface area (Å²) in [4.78, 5) is 14.0. The fourth-order valence-electron chi connectivity index (χ4n) is 3.52. The maximum Gasteiger partial charge on any atom is 0.191 e. The van der Waals surface area contributed by atoms with Crippen LogP contribution in [0.5, 0.6) is 0 Å². The van der Waals surface area contributed by atoms with Gasteiger partial charge in [0.1, 0.15) is 5.01 Å². The highest BCUT2D eigenvalue weighted by atomic mass is 127. The highest BCUT2D eigenvalue weighted by molar-refractivity contribution is 14.0. The first-order chi connectivity index (χ1) is 14.5. The molecule has 2 N–H and O–H groups in total. The van der Waals surface area contributed by atoms with Gasteiger partial charge >= 0.3 is 0 Å². The summed E-state index contributed by atoms with van der Waals surface area (Å²) in [6.07, 6.45) is 1.25. The number of aliphatic imine (C=N–C) groups is 1. The molecule has 0 spiro atoms. The zero-order valence-electron chi connectivity index (χ0n) is 19.2. The van der Waals surface area contributed by atoms with E-state index in [2.05, 4.69) is 81.0 Å². The highest BCUT2D eigenvalue weighted by Gasteiger charge is 2.12. The number of nitrogens with one attached hydrogen (secondary N) is 2. The first-order valence-electron chi connectivity index (χ1n) is 10.9. The van der Waals surface area contributed by atoms with Gasteiger partial charge in [-0.3, -0.25) is 9.89 Å². The van der Waals surface area contributed by atoms with Gasteiger partial charge in [0.25, 0.3) is 0 Å². The van der Waals surface area contributed by atoms with Crippen LogP contribution in [0.4, 0.5) is 0 Å². The monoisotopic (exact) mass is 556 g/mol. The normalized spacial score (nSPS) is 16.1. The SMILES string of the molecule is CN=C(NCc1ccc(CN2CCCN(C)CC2)cc1)NCc1nc(C(C)C)cs1.I. The summed E-state index contributed by atoms with van der Waals surface area (Å²) in [6.45, 7) is 11.5. The number of benzene rings is 1. The van der Waals surface area contributed by atoms with E-state index >= 15 is 0 Å². The van der Waals surface area contributed by atoms with Crippen LogP contribution in [0.25, 0.3) is 0 Å². The Labute approximate surface area is 208 Å². The third-order valence-corrected chi connectivity index (χ3v) is 6.36. The Morgan fingerprint density at radius 1 is 1.06 bits per heavy atom. The zero-order chi connectivity index (χ0) is 21.3. The molecule has 31 heavy (non-hydrogen) atoms. The molecule has 1 saturated heterocycles. The first-order valence-corrected chi connectivity index (χ1v) is 11.8. The molecule has 0 saturated carbocycles. The van der Waals surface area contributed by atoms with Crippen LogP contribution >= 0.6 is 35.3 Å². The van der Waals surface area contributed by atoms with E-state index in [4.69, 9.17) is 0 Å². The van der Waals surface area contributed by atoms with Crippen LogP contribution in [0.2, 0.25) is 0 Å². The molecule has 0 unspecified atom stereocenters. The number of hydrogen-bond acceptors (Lipinski definition) is 5. The lowest BCUT2D eigenvalue weighted by molar-refractivity contribution is 0.269. The van der Waals surface area contributed by atoms with E-state index in [-0.39, 0.29) is 24.0 Å². The molecule has 6 nitrogen and oxygen atoms in total. The quantitative estimate of drug-likeness (QED) is 0.308. The second-order valence-electron chi connectivity index (χ2n) is 8.35. The summed E-state index contributed by atoms with van der Waals surface area (Å²) >= 11 is 1.70. The molecule has 0 aliphatic carbocycles. The number of thiazole rings is 1. The summed E-state index contributed by atoms with van der Waals surface area (Å²) in [5.74, 6) is 1.27. The third-order valence-electron chi connectivity index (χ3n) is 5.49. The van der Waals surface area contributed by atoms with Crippen molar-refractivity contribution in [2.24, 2.45) is 4.99 Å². The Hall–Kier alpha value is -1.23. The molecule has 1 aromatic carbocycles. The van der Waals surface area contributed by atoms with E-state index < -0.39 is 0 Å². The van der Waals surface area contributed by atoms with Crippen LogP contribution in [0, 0.1) is 0 Å². The van der Waals surface area contributed by atoms with Gasteiger partial charge < -0.3 is 15.5 Å². The van der Waals surface area contributed by atoms with Gasteiger partial charge in [-0.1, -0.05) is 38.1 Å². The largest absolute Gasteiger partial charge is 0.352 e. The minimum atomic E-state index is 0. The molecule has 0 amide bonds. The van der Waals surface area contributed by atoms with Gasteiger partial charge in [0.05, 0.1) is 12.2 Å². The summed E-state index contributed by atoms with van der Waals surface area (Å²) in [5, 5.41) is 9.99. The molecule has 1 aliphatic heterocycles. The van der Waals surface area contributed by atoms with E-state index in [0.717, 1.165) is 42.8 Å². The van der Waals surface area contributed by atoms with Gasteiger partial charge in [-0.05, 0) is 43.6 Å². The van der Waals surface area contributed by atoms with E-state index in [1.54, 1.807) is 18.4 Å². The second kappa shape index (κ2) is 13.3. The van der Waals surface area contributed by atoms with Crippen LogP contribution in [-0.4, -0.2) is 61.0 Å². The van der Waals surface area contributed by atoms with Crippen molar-refractivity contribution < 1.29 is 0 Å². The predicted molar refractivity (Wildman–Crippen MR) is 142 cm³/mol. The maximum atomic E-state index is 4.67. The minimum Gasteiger partial charge on any atom is -0.352 e. The number of likely N-dealkylation sites (N-methyl/N-ethyl adjacent to an activating group) is 1. The van der Waals surface area contributed by atoms with E-state index in [9.17, 15) is 0 Å². The van der Waals surface area contributed by atoms with E-state index in [1.165, 1.54) is 30.6 Å². The van der Waals surface area contributed by atoms with Crippen molar-refractivity contribution in [1.29, 1.82) is 0 Å². The molecular weight excluding hydrogens is 519 g/mol. The number of rotatable bonds is 7. The Bertz CT molecular complexity index is 805. The number of nitrogens with zero attached hydrogens (tertiary/aromatic N) is 4. The fraction of sp³-hybridized carbons (Fsp3) is 0.565. The number of halogens is 1. The van der Waals surface area contributed by atoms with E-state index in [0.29, 0.717) is 12.5 Å². The zero-order valence-corrected chi connectivity index (χ0v) is 22.4. The predicted octanol–water partition coefficient (Wildman–Crippen LogP) is 3.89. The average molecular weight is 557 g/mol. The lowest BCUT2D eigenvalue weighted by Crippen LogP contribution is -2.36. The summed E-state index contributed by atoms with van der Waals surface area (Å²) in [5.41, 5.74) is 3.80. The van der Waals surface area contributed by atoms with Gasteiger partial charge in [-0.15, -0.1) is 35.3 Å². The van der Waals surface area contributed by atoms with Crippen molar-refractivity contribution in [1.82, 2.24) is 25.4 Å². The average Bonchev–Trinajstić information content (AvgIpc) is 3.13. The number of guanidine groups is 1. The van der Waals surface area contributed by atoms with Crippen LogP contribution < -0.4 is 10.6 Å². The van der Waals surface area contributed by atoms with Crippen molar-refractivity contribution in [3.05, 3.63) is 51.5 Å². The van der Waals surface area contributed by atoms with Gasteiger partial charge in [-0.25, -0.2) is 4.98 Å². The topological polar surface area (TPSA) is 55.8 Å². The Kier molecular flexibility index (Phi) is 11.2. The standard InChI is InChI=1S/C23H36N6S.HI/c1-18(2)21-17-30-22(27-21)15-26-23(24-3)25-14-19-6-8-20(9-7-19)16-29-11-5-10-28(4)12-13-29;/h6-9,17-18H,5,10-16H2,1-4H3,(H2,24,25,26);1H. The van der Waals surface area contributed by atoms with Crippen molar-refractivity contribution in [2.75, 3.05) is 40.3 Å². The molecule has 2 aromatic rings. The van der Waals surface area contributed by atoms with Crippen LogP contribution in [0.15, 0.2) is 34.6 Å². The van der Waals surface area contributed by atoms with Gasteiger partial charge in [0.15, 0.2) is 5.96 Å². The smallest absolute Gasteiger partial charge is 0.191 e. The van der Waals surface area contributed by atoms with Crippen LogP contribution in [-0.2, 0) is 19.6 Å². The summed E-state index contributed by atoms with van der Waals surface area (Å²) in [7, 11) is 4.02. The van der Waals surface area contributed by atoms with E-state index in [1.807, 2.05) is 0 Å². The molecule has 172 valence electrons. The lowest BCUT2D eigenvalue weighted by atomic mass is 10.1. The lowest BCUT2D eigenvalue weighted by Gasteiger charge is -2.20. The first kappa shape index (κ1) is 26.0. The van der Waals surface area contributed by atoms with Gasteiger partial charge in [-0.2, -0.15) is 0 Å². The van der Waals surface area contributed by atoms with Crippen molar-refractivity contribution in [3.63, 3.8) is 0 Å². The summed E-state index contributed by atoms with van der Waals surface area (Å²) < 4.78 is 0. The molecule has 8 heteroatoms. The molecule has 1 aromatic heterocycles. The molecule has 2 heterocycles. The highest BCUT2D eigenvalue weighted by Crippen LogP contribution is 2.17. The summed E-state index contributed by atoms with van der Waals surface area (Å²) in [6, 6.07) is 8.94. The Balaban J connectivity index is 0.00000341. The minimum absolute atomic E-state index is 0. The third kappa shape index (κ3) is 8.67. The Morgan fingerprint density at radius 3 is 2.45 bits per heavy atom. The maximum absolute atomic E-state index is 4.67. The van der Waals surface area contributed by atoms with Gasteiger partial charge in [0, 0.05) is 38.6 Å². The molecule has 1 fully saturated rings. The van der Waals surface area contributed by atoms with Crippen molar-refractivity contribution in [2.45, 2.75) is 45.8 Å². The molecule has 3 rings (SSSR count). The molecule has 0 bridgehead atoms. The van der Waals surface area contributed by atoms with Gasteiger partial charge in [0.2, 0.25) is 0 Å². The van der Waals surface area contributed by atoms with Crippen LogP contribution in [0.1, 0.15) is 48.0 Å². The molecule has 0 radical (unpaired) electrons. The second-order valence-corrected chi connectivity index (χ2v) is 9.29. The fourth-order valence-corrected chi connectivity index (χ4v) is 4.41. The molecule has 1 aliphatic rings. The Morgan fingerprint density at radius 2 is 1.77 bits per heavy atom.